The Hall–Kier alpha value is -1.14. The van der Waals surface area contributed by atoms with E-state index in [1.165, 1.54) is 173 Å². The topological polar surface area (TPSA) is 124 Å². The normalized spacial score (nSPS) is 12.1. The Morgan fingerprint density at radius 3 is 0.909 bits per heavy atom. The van der Waals surface area contributed by atoms with Crippen molar-refractivity contribution in [3.8, 4) is 0 Å². The van der Waals surface area contributed by atoms with Crippen molar-refractivity contribution in [1.29, 1.82) is 0 Å². The molecule has 0 saturated heterocycles. The van der Waals surface area contributed by atoms with Crippen molar-refractivity contribution < 1.29 is 9.59 Å². The van der Waals surface area contributed by atoms with Crippen molar-refractivity contribution in [1.82, 2.24) is 5.32 Å². The van der Waals surface area contributed by atoms with Gasteiger partial charge in [0.15, 0.2) is 0 Å². The zero-order valence-corrected chi connectivity index (χ0v) is 29.4. The van der Waals surface area contributed by atoms with Crippen LogP contribution >= 0.6 is 0 Å². The molecule has 0 aromatic heterocycles. The van der Waals surface area contributed by atoms with Crippen molar-refractivity contribution in [2.24, 2.45) is 17.2 Å². The number of unbranched alkanes of at least 4 members (excludes halogenated alkanes) is 28. The van der Waals surface area contributed by atoms with Gasteiger partial charge in [-0.3, -0.25) is 9.59 Å². The first kappa shape index (κ1) is 42.9. The Morgan fingerprint density at radius 2 is 0.636 bits per heavy atom. The van der Waals surface area contributed by atoms with Crippen molar-refractivity contribution in [3.63, 3.8) is 0 Å². The van der Waals surface area contributed by atoms with E-state index in [1.807, 2.05) is 0 Å². The molecule has 0 saturated carbocycles. The molecule has 0 aliphatic carbocycles. The molecule has 2 amide bonds. The third kappa shape index (κ3) is 37.0. The molecule has 0 heterocycles. The second-order valence-electron chi connectivity index (χ2n) is 13.7. The van der Waals surface area contributed by atoms with Crippen LogP contribution in [0.5, 0.6) is 0 Å². The number of carbonyl (C=O) groups is 2. The molecule has 0 aliphatic rings. The molecule has 0 aliphatic heterocycles. The summed E-state index contributed by atoms with van der Waals surface area (Å²) in [6.45, 7) is 1.90. The van der Waals surface area contributed by atoms with Crippen LogP contribution in [0.15, 0.2) is 0 Å². The highest BCUT2D eigenvalue weighted by molar-refractivity contribution is 5.73. The van der Waals surface area contributed by atoms with E-state index in [0.29, 0.717) is 18.9 Å². The first-order chi connectivity index (χ1) is 21.6. The van der Waals surface area contributed by atoms with Gasteiger partial charge in [-0.15, -0.1) is 0 Å². The zero-order chi connectivity index (χ0) is 32.2. The highest BCUT2D eigenvalue weighted by atomic mass is 16.1. The van der Waals surface area contributed by atoms with Crippen LogP contribution in [-0.2, 0) is 9.59 Å². The minimum absolute atomic E-state index is 0.159. The lowest BCUT2D eigenvalue weighted by atomic mass is 10.0. The molecule has 7 N–H and O–H groups in total. The van der Waals surface area contributed by atoms with Gasteiger partial charge in [0.1, 0.15) is 0 Å². The summed E-state index contributed by atoms with van der Waals surface area (Å²) in [5.41, 5.74) is 16.4. The number of rotatable bonds is 38. The molecule has 0 rings (SSSR count). The lowest BCUT2D eigenvalue weighted by Gasteiger charge is -2.16. The van der Waals surface area contributed by atoms with E-state index in [4.69, 9.17) is 17.2 Å². The van der Waals surface area contributed by atoms with Gasteiger partial charge in [-0.1, -0.05) is 173 Å². The van der Waals surface area contributed by atoms with Crippen LogP contribution in [-0.4, -0.2) is 30.9 Å². The molecule has 44 heavy (non-hydrogen) atoms. The van der Waals surface area contributed by atoms with E-state index < -0.39 is 0 Å². The largest absolute Gasteiger partial charge is 0.370 e. The second-order valence-corrected chi connectivity index (χ2v) is 13.7. The van der Waals surface area contributed by atoms with Crippen molar-refractivity contribution in [2.75, 3.05) is 13.1 Å². The fraction of sp³-hybridized carbons (Fsp3) is 0.947. The standard InChI is InChI=1S/C38H78N4O2/c39-35-36(31-27-23-19-15-11-7-3-1-4-8-12-16-20-24-28-32-37(40)43)42-34-30-26-22-18-14-10-6-2-5-9-13-17-21-25-29-33-38(41)44/h36,42H,1-35,39H2,(H2,40,43)(H2,41,44). The summed E-state index contributed by atoms with van der Waals surface area (Å²) in [5, 5.41) is 3.72. The molecule has 0 fully saturated rings. The van der Waals surface area contributed by atoms with Crippen LogP contribution in [0.1, 0.15) is 212 Å². The van der Waals surface area contributed by atoms with Crippen LogP contribution in [0.2, 0.25) is 0 Å². The van der Waals surface area contributed by atoms with Gasteiger partial charge < -0.3 is 22.5 Å². The summed E-state index contributed by atoms with van der Waals surface area (Å²) in [6.07, 6.45) is 42.0. The summed E-state index contributed by atoms with van der Waals surface area (Å²) in [5.74, 6) is -0.318. The second kappa shape index (κ2) is 36.3. The van der Waals surface area contributed by atoms with Crippen LogP contribution in [0.25, 0.3) is 0 Å². The molecule has 0 radical (unpaired) electrons. The summed E-state index contributed by atoms with van der Waals surface area (Å²) in [7, 11) is 0. The minimum atomic E-state index is -0.159. The van der Waals surface area contributed by atoms with Gasteiger partial charge in [0.05, 0.1) is 0 Å². The number of hydrogen-bond acceptors (Lipinski definition) is 4. The maximum absolute atomic E-state index is 10.7. The molecule has 1 atom stereocenters. The van der Waals surface area contributed by atoms with Gasteiger partial charge in [-0.25, -0.2) is 0 Å². The zero-order valence-electron chi connectivity index (χ0n) is 29.4. The van der Waals surface area contributed by atoms with Gasteiger partial charge in [-0.05, 0) is 32.2 Å². The molecule has 0 bridgehead atoms. The van der Waals surface area contributed by atoms with Gasteiger partial charge in [0, 0.05) is 25.4 Å². The Balaban J connectivity index is 3.26. The number of amides is 2. The predicted octanol–water partition coefficient (Wildman–Crippen LogP) is 9.75. The summed E-state index contributed by atoms with van der Waals surface area (Å²) >= 11 is 0. The predicted molar refractivity (Wildman–Crippen MR) is 192 cm³/mol. The smallest absolute Gasteiger partial charge is 0.217 e. The first-order valence-electron chi connectivity index (χ1n) is 19.6. The third-order valence-electron chi connectivity index (χ3n) is 9.29. The van der Waals surface area contributed by atoms with E-state index in [0.717, 1.165) is 38.8 Å². The fourth-order valence-electron chi connectivity index (χ4n) is 6.32. The van der Waals surface area contributed by atoms with Crippen molar-refractivity contribution >= 4 is 11.8 Å². The Morgan fingerprint density at radius 1 is 0.386 bits per heavy atom. The van der Waals surface area contributed by atoms with E-state index in [-0.39, 0.29) is 11.8 Å². The monoisotopic (exact) mass is 623 g/mol. The Kier molecular flexibility index (Phi) is 35.4. The fourth-order valence-corrected chi connectivity index (χ4v) is 6.32. The van der Waals surface area contributed by atoms with Gasteiger partial charge >= 0.3 is 0 Å². The maximum Gasteiger partial charge on any atom is 0.217 e. The van der Waals surface area contributed by atoms with Crippen molar-refractivity contribution in [3.05, 3.63) is 0 Å². The summed E-state index contributed by atoms with van der Waals surface area (Å²) in [6, 6.07) is 0.506. The van der Waals surface area contributed by atoms with Gasteiger partial charge in [-0.2, -0.15) is 0 Å². The maximum atomic E-state index is 10.7. The molecule has 6 heteroatoms. The molecule has 0 spiro atoms. The molecule has 1 unspecified atom stereocenters. The average molecular weight is 623 g/mol. The number of primary amides is 2. The van der Waals surface area contributed by atoms with Crippen LogP contribution < -0.4 is 22.5 Å². The lowest BCUT2D eigenvalue weighted by molar-refractivity contribution is -0.119. The molecular weight excluding hydrogens is 544 g/mol. The summed E-state index contributed by atoms with van der Waals surface area (Å²) < 4.78 is 0. The average Bonchev–Trinajstić information content (AvgIpc) is 3.00. The summed E-state index contributed by atoms with van der Waals surface area (Å²) in [4.78, 5) is 21.4. The van der Waals surface area contributed by atoms with E-state index in [2.05, 4.69) is 5.32 Å². The van der Waals surface area contributed by atoms with Gasteiger partial charge in [0.25, 0.3) is 0 Å². The Labute approximate surface area is 274 Å². The Bertz CT molecular complexity index is 601. The van der Waals surface area contributed by atoms with Crippen LogP contribution in [0.3, 0.4) is 0 Å². The molecular formula is C38H78N4O2. The van der Waals surface area contributed by atoms with Gasteiger partial charge in [0.2, 0.25) is 11.8 Å². The van der Waals surface area contributed by atoms with Crippen molar-refractivity contribution in [2.45, 2.75) is 218 Å². The highest BCUT2D eigenvalue weighted by Gasteiger charge is 2.05. The number of hydrogen-bond donors (Lipinski definition) is 4. The molecule has 0 aromatic carbocycles. The van der Waals surface area contributed by atoms with E-state index in [1.54, 1.807) is 0 Å². The molecule has 6 nitrogen and oxygen atoms in total. The minimum Gasteiger partial charge on any atom is -0.370 e. The lowest BCUT2D eigenvalue weighted by Crippen LogP contribution is -2.36. The molecule has 262 valence electrons. The number of nitrogens with two attached hydrogens (primary N) is 3. The number of carbonyl (C=O) groups excluding carboxylic acids is 2. The first-order valence-corrected chi connectivity index (χ1v) is 19.6. The van der Waals surface area contributed by atoms with Crippen LogP contribution in [0.4, 0.5) is 0 Å². The third-order valence-corrected chi connectivity index (χ3v) is 9.29. The molecule has 0 aromatic rings. The number of nitrogens with one attached hydrogen (secondary N) is 1. The van der Waals surface area contributed by atoms with Crippen LogP contribution in [0, 0.1) is 0 Å². The highest BCUT2D eigenvalue weighted by Crippen LogP contribution is 2.16. The van der Waals surface area contributed by atoms with E-state index in [9.17, 15) is 9.59 Å². The SMILES string of the molecule is NCC(CCCCCCCCCCCCCCCCCC(N)=O)NCCCCCCCCCCCCCCCCCC(N)=O. The van der Waals surface area contributed by atoms with E-state index >= 15 is 0 Å². The quantitative estimate of drug-likeness (QED) is 0.0512.